The molecule has 2 aromatic rings. The molecule has 2 aliphatic rings. The standard InChI is InChI=1S/C16H21N7O2/c1-25-13-3-5-18-16(19-13)23-8-6-22(7-9-23)15(24)14-11-10-17-4-2-12(11)20-21-14/h3,5,17H,2,4,6-10H2,1H3,(H,20,21). The van der Waals surface area contributed by atoms with Crippen LogP contribution in [0.25, 0.3) is 0 Å². The van der Waals surface area contributed by atoms with E-state index in [1.807, 2.05) is 4.90 Å². The smallest absolute Gasteiger partial charge is 0.274 e. The van der Waals surface area contributed by atoms with Gasteiger partial charge < -0.3 is 19.9 Å². The van der Waals surface area contributed by atoms with E-state index in [-0.39, 0.29) is 5.91 Å². The number of rotatable bonds is 3. The van der Waals surface area contributed by atoms with E-state index in [2.05, 4.69) is 30.4 Å². The van der Waals surface area contributed by atoms with E-state index in [4.69, 9.17) is 4.74 Å². The van der Waals surface area contributed by atoms with Crippen LogP contribution in [0.1, 0.15) is 21.7 Å². The van der Waals surface area contributed by atoms with Crippen molar-refractivity contribution in [3.63, 3.8) is 0 Å². The molecule has 2 aliphatic heterocycles. The Labute approximate surface area is 145 Å². The van der Waals surface area contributed by atoms with Gasteiger partial charge in [0.25, 0.3) is 5.91 Å². The number of nitrogens with one attached hydrogen (secondary N) is 2. The molecule has 1 amide bonds. The second-order valence-corrected chi connectivity index (χ2v) is 6.13. The predicted molar refractivity (Wildman–Crippen MR) is 90.7 cm³/mol. The van der Waals surface area contributed by atoms with Crippen molar-refractivity contribution in [3.8, 4) is 5.88 Å². The van der Waals surface area contributed by atoms with E-state index < -0.39 is 0 Å². The summed E-state index contributed by atoms with van der Waals surface area (Å²) in [5, 5.41) is 10.6. The largest absolute Gasteiger partial charge is 0.481 e. The van der Waals surface area contributed by atoms with Gasteiger partial charge in [-0.05, 0) is 0 Å². The van der Waals surface area contributed by atoms with Crippen LogP contribution in [0.15, 0.2) is 12.3 Å². The quantitative estimate of drug-likeness (QED) is 0.797. The molecule has 0 radical (unpaired) electrons. The molecule has 132 valence electrons. The number of fused-ring (bicyclic) bond motifs is 1. The molecule has 9 nitrogen and oxygen atoms in total. The number of carbonyl (C=O) groups excluding carboxylic acids is 1. The highest BCUT2D eigenvalue weighted by molar-refractivity contribution is 5.94. The number of piperazine rings is 1. The van der Waals surface area contributed by atoms with Gasteiger partial charge in [0.2, 0.25) is 11.8 Å². The average Bonchev–Trinajstić information content (AvgIpc) is 3.12. The molecule has 0 aromatic carbocycles. The number of amides is 1. The molecular weight excluding hydrogens is 322 g/mol. The first-order chi connectivity index (χ1) is 12.3. The number of anilines is 1. The number of hydrogen-bond donors (Lipinski definition) is 2. The number of hydrogen-bond acceptors (Lipinski definition) is 7. The lowest BCUT2D eigenvalue weighted by Crippen LogP contribution is -2.49. The predicted octanol–water partition coefficient (Wildman–Crippen LogP) is -0.184. The molecule has 9 heteroatoms. The third-order valence-corrected chi connectivity index (χ3v) is 4.69. The van der Waals surface area contributed by atoms with E-state index in [0.29, 0.717) is 50.2 Å². The Hall–Kier alpha value is -2.68. The van der Waals surface area contributed by atoms with E-state index in [9.17, 15) is 4.79 Å². The van der Waals surface area contributed by atoms with Gasteiger partial charge in [0.05, 0.1) is 7.11 Å². The lowest BCUT2D eigenvalue weighted by atomic mass is 10.1. The second-order valence-electron chi connectivity index (χ2n) is 6.13. The summed E-state index contributed by atoms with van der Waals surface area (Å²) in [6.45, 7) is 4.23. The first-order valence-electron chi connectivity index (χ1n) is 8.44. The van der Waals surface area contributed by atoms with Gasteiger partial charge in [-0.2, -0.15) is 10.1 Å². The molecule has 0 atom stereocenters. The molecule has 0 bridgehead atoms. The van der Waals surface area contributed by atoms with Crippen molar-refractivity contribution >= 4 is 11.9 Å². The summed E-state index contributed by atoms with van der Waals surface area (Å²) < 4.78 is 5.15. The fourth-order valence-electron chi connectivity index (χ4n) is 3.26. The number of nitrogens with zero attached hydrogens (tertiary/aromatic N) is 5. The van der Waals surface area contributed by atoms with Crippen LogP contribution in [0.5, 0.6) is 5.88 Å². The fraction of sp³-hybridized carbons (Fsp3) is 0.500. The minimum atomic E-state index is -0.00703. The van der Waals surface area contributed by atoms with Crippen LogP contribution in [-0.2, 0) is 13.0 Å². The topological polar surface area (TPSA) is 99.3 Å². The molecule has 0 spiro atoms. The van der Waals surface area contributed by atoms with Crippen LogP contribution in [0.4, 0.5) is 5.95 Å². The third kappa shape index (κ3) is 3.02. The molecular formula is C16H21N7O2. The zero-order valence-electron chi connectivity index (χ0n) is 14.2. The van der Waals surface area contributed by atoms with Crippen LogP contribution in [0.3, 0.4) is 0 Å². The van der Waals surface area contributed by atoms with E-state index in [1.165, 1.54) is 0 Å². The summed E-state index contributed by atoms with van der Waals surface area (Å²) in [7, 11) is 1.59. The van der Waals surface area contributed by atoms with Crippen molar-refractivity contribution in [2.45, 2.75) is 13.0 Å². The highest BCUT2D eigenvalue weighted by atomic mass is 16.5. The summed E-state index contributed by atoms with van der Waals surface area (Å²) in [5.74, 6) is 1.17. The van der Waals surface area contributed by atoms with Crippen LogP contribution < -0.4 is 15.0 Å². The molecule has 4 heterocycles. The molecule has 2 N–H and O–H groups in total. The number of H-pyrrole nitrogens is 1. The van der Waals surface area contributed by atoms with Gasteiger partial charge in [0, 0.05) is 69.2 Å². The first kappa shape index (κ1) is 15.8. The zero-order chi connectivity index (χ0) is 17.2. The summed E-state index contributed by atoms with van der Waals surface area (Å²) in [6.07, 6.45) is 2.57. The van der Waals surface area contributed by atoms with Gasteiger partial charge in [0.15, 0.2) is 5.69 Å². The first-order valence-corrected chi connectivity index (χ1v) is 8.44. The molecule has 0 saturated carbocycles. The SMILES string of the molecule is COc1ccnc(N2CCN(C(=O)c3n[nH]c4c3CNCC4)CC2)n1. The van der Waals surface area contributed by atoms with Crippen LogP contribution in [0, 0.1) is 0 Å². The Morgan fingerprint density at radius 3 is 2.92 bits per heavy atom. The maximum Gasteiger partial charge on any atom is 0.274 e. The van der Waals surface area contributed by atoms with Crippen LogP contribution >= 0.6 is 0 Å². The Balaban J connectivity index is 1.43. The Morgan fingerprint density at radius 2 is 2.12 bits per heavy atom. The maximum absolute atomic E-state index is 12.8. The Morgan fingerprint density at radius 1 is 1.28 bits per heavy atom. The molecule has 1 saturated heterocycles. The average molecular weight is 343 g/mol. The lowest BCUT2D eigenvalue weighted by Gasteiger charge is -2.34. The summed E-state index contributed by atoms with van der Waals surface area (Å²) in [5.41, 5.74) is 2.63. The van der Waals surface area contributed by atoms with Gasteiger partial charge in [-0.25, -0.2) is 4.98 Å². The highest BCUT2D eigenvalue weighted by Gasteiger charge is 2.28. The molecule has 1 fully saturated rings. The highest BCUT2D eigenvalue weighted by Crippen LogP contribution is 2.19. The van der Waals surface area contributed by atoms with Crippen molar-refractivity contribution in [1.29, 1.82) is 0 Å². The van der Waals surface area contributed by atoms with Gasteiger partial charge in [-0.1, -0.05) is 0 Å². The monoisotopic (exact) mass is 343 g/mol. The van der Waals surface area contributed by atoms with Gasteiger partial charge in [0.1, 0.15) is 0 Å². The fourth-order valence-corrected chi connectivity index (χ4v) is 3.26. The summed E-state index contributed by atoms with van der Waals surface area (Å²) in [6, 6.07) is 1.72. The molecule has 0 unspecified atom stereocenters. The van der Waals surface area contributed by atoms with Crippen LogP contribution in [-0.4, -0.2) is 70.8 Å². The number of ether oxygens (including phenoxy) is 1. The molecule has 0 aliphatic carbocycles. The van der Waals surface area contributed by atoms with Crippen molar-refractivity contribution < 1.29 is 9.53 Å². The maximum atomic E-state index is 12.8. The Bertz CT molecular complexity index is 768. The normalized spacial score (nSPS) is 17.3. The van der Waals surface area contributed by atoms with Crippen LogP contribution in [0.2, 0.25) is 0 Å². The van der Waals surface area contributed by atoms with Crippen molar-refractivity contribution in [2.75, 3.05) is 44.7 Å². The van der Waals surface area contributed by atoms with Gasteiger partial charge in [-0.15, -0.1) is 0 Å². The number of methoxy groups -OCH3 is 1. The van der Waals surface area contributed by atoms with E-state index >= 15 is 0 Å². The minimum Gasteiger partial charge on any atom is -0.481 e. The van der Waals surface area contributed by atoms with Gasteiger partial charge >= 0.3 is 0 Å². The summed E-state index contributed by atoms with van der Waals surface area (Å²) >= 11 is 0. The molecule has 4 rings (SSSR count). The number of carbonyl (C=O) groups is 1. The number of aromatic amines is 1. The number of aromatic nitrogens is 4. The van der Waals surface area contributed by atoms with Gasteiger partial charge in [-0.3, -0.25) is 9.89 Å². The molecule has 2 aromatic heterocycles. The van der Waals surface area contributed by atoms with Crippen molar-refractivity contribution in [1.82, 2.24) is 30.4 Å². The van der Waals surface area contributed by atoms with Crippen molar-refractivity contribution in [2.24, 2.45) is 0 Å². The Kier molecular flexibility index (Phi) is 4.22. The minimum absolute atomic E-state index is 0.00703. The third-order valence-electron chi connectivity index (χ3n) is 4.69. The zero-order valence-corrected chi connectivity index (χ0v) is 14.2. The van der Waals surface area contributed by atoms with Crippen molar-refractivity contribution in [3.05, 3.63) is 29.2 Å². The van der Waals surface area contributed by atoms with E-state index in [0.717, 1.165) is 24.2 Å². The van der Waals surface area contributed by atoms with E-state index in [1.54, 1.807) is 19.4 Å². The second kappa shape index (κ2) is 6.67. The lowest BCUT2D eigenvalue weighted by molar-refractivity contribution is 0.0739. The summed E-state index contributed by atoms with van der Waals surface area (Å²) in [4.78, 5) is 25.4. The molecule has 25 heavy (non-hydrogen) atoms.